The van der Waals surface area contributed by atoms with Gasteiger partial charge in [0.25, 0.3) is 0 Å². The lowest BCUT2D eigenvalue weighted by Gasteiger charge is -2.04. The zero-order valence-electron chi connectivity index (χ0n) is 10.1. The number of ketones is 1. The maximum absolute atomic E-state index is 11.5. The van der Waals surface area contributed by atoms with E-state index in [1.807, 2.05) is 13.0 Å². The van der Waals surface area contributed by atoms with Gasteiger partial charge in [-0.25, -0.2) is 4.79 Å². The Hall–Kier alpha value is -1.29. The fraction of sp³-hybridized carbons (Fsp3) is 0.385. The zero-order chi connectivity index (χ0) is 12.7. The summed E-state index contributed by atoms with van der Waals surface area (Å²) in [5.41, 5.74) is 0.529. The standard InChI is InChI=1S/C13H16O3S/c1-3-11(14)9-17-12-7-5-6-10(8-12)13(15)16-4-2/h5-8H,3-4,9H2,1-2H3. The van der Waals surface area contributed by atoms with Gasteiger partial charge in [0.15, 0.2) is 0 Å². The Morgan fingerprint density at radius 3 is 2.71 bits per heavy atom. The molecule has 1 rings (SSSR count). The molecule has 0 aromatic heterocycles. The van der Waals surface area contributed by atoms with Crippen molar-refractivity contribution >= 4 is 23.5 Å². The molecule has 92 valence electrons. The van der Waals surface area contributed by atoms with Crippen molar-refractivity contribution in [1.82, 2.24) is 0 Å². The molecule has 0 aliphatic heterocycles. The van der Waals surface area contributed by atoms with Crippen molar-refractivity contribution in [2.75, 3.05) is 12.4 Å². The minimum Gasteiger partial charge on any atom is -0.462 e. The number of esters is 1. The summed E-state index contributed by atoms with van der Waals surface area (Å²) in [6.45, 7) is 3.98. The van der Waals surface area contributed by atoms with E-state index in [9.17, 15) is 9.59 Å². The van der Waals surface area contributed by atoms with Crippen molar-refractivity contribution in [1.29, 1.82) is 0 Å². The van der Waals surface area contributed by atoms with Crippen LogP contribution in [0.25, 0.3) is 0 Å². The SMILES string of the molecule is CCOC(=O)c1cccc(SCC(=O)CC)c1. The third-order valence-electron chi connectivity index (χ3n) is 2.14. The summed E-state index contributed by atoms with van der Waals surface area (Å²) in [5.74, 6) is 0.330. The van der Waals surface area contributed by atoms with Crippen LogP contribution in [0.1, 0.15) is 30.6 Å². The molecule has 0 saturated heterocycles. The predicted molar refractivity (Wildman–Crippen MR) is 68.4 cm³/mol. The highest BCUT2D eigenvalue weighted by atomic mass is 32.2. The van der Waals surface area contributed by atoms with E-state index in [4.69, 9.17) is 4.74 Å². The van der Waals surface area contributed by atoms with E-state index in [2.05, 4.69) is 0 Å². The average molecular weight is 252 g/mol. The molecule has 3 nitrogen and oxygen atoms in total. The molecule has 0 radical (unpaired) electrons. The topological polar surface area (TPSA) is 43.4 Å². The average Bonchev–Trinajstić information content (AvgIpc) is 2.36. The van der Waals surface area contributed by atoms with E-state index in [0.717, 1.165) is 4.90 Å². The van der Waals surface area contributed by atoms with E-state index in [-0.39, 0.29) is 11.8 Å². The molecule has 0 fully saturated rings. The van der Waals surface area contributed by atoms with Gasteiger partial charge in [-0.15, -0.1) is 11.8 Å². The van der Waals surface area contributed by atoms with Gasteiger partial charge in [0.2, 0.25) is 0 Å². The fourth-order valence-corrected chi connectivity index (χ4v) is 2.11. The number of hydrogen-bond acceptors (Lipinski definition) is 4. The summed E-state index contributed by atoms with van der Waals surface area (Å²) in [6, 6.07) is 7.15. The Kier molecular flexibility index (Phi) is 5.77. The van der Waals surface area contributed by atoms with Crippen molar-refractivity contribution in [2.45, 2.75) is 25.2 Å². The summed E-state index contributed by atoms with van der Waals surface area (Å²) in [7, 11) is 0. The number of ether oxygens (including phenoxy) is 1. The normalized spacial score (nSPS) is 10.0. The Bertz CT molecular complexity index is 401. The van der Waals surface area contributed by atoms with Crippen LogP contribution in [-0.2, 0) is 9.53 Å². The van der Waals surface area contributed by atoms with Gasteiger partial charge in [-0.1, -0.05) is 13.0 Å². The van der Waals surface area contributed by atoms with Gasteiger partial charge >= 0.3 is 5.97 Å². The minimum absolute atomic E-state index is 0.205. The molecule has 1 aromatic carbocycles. The summed E-state index contributed by atoms with van der Waals surface area (Å²) < 4.78 is 4.91. The number of rotatable bonds is 6. The van der Waals surface area contributed by atoms with E-state index >= 15 is 0 Å². The van der Waals surface area contributed by atoms with Crippen LogP contribution in [-0.4, -0.2) is 24.1 Å². The van der Waals surface area contributed by atoms with Crippen LogP contribution >= 0.6 is 11.8 Å². The smallest absolute Gasteiger partial charge is 0.338 e. The monoisotopic (exact) mass is 252 g/mol. The van der Waals surface area contributed by atoms with Gasteiger partial charge in [-0.3, -0.25) is 4.79 Å². The van der Waals surface area contributed by atoms with Crippen LogP contribution in [0.3, 0.4) is 0 Å². The molecule has 0 N–H and O–H groups in total. The second-order valence-corrected chi connectivity index (χ2v) is 4.48. The molecule has 1 aromatic rings. The minimum atomic E-state index is -0.322. The quantitative estimate of drug-likeness (QED) is 0.576. The summed E-state index contributed by atoms with van der Waals surface area (Å²) in [4.78, 5) is 23.6. The lowest BCUT2D eigenvalue weighted by atomic mass is 10.2. The first-order chi connectivity index (χ1) is 8.17. The van der Waals surface area contributed by atoms with Gasteiger partial charge in [-0.05, 0) is 25.1 Å². The molecule has 0 atom stereocenters. The molecular formula is C13H16O3S. The van der Waals surface area contributed by atoms with Crippen molar-refractivity contribution in [3.8, 4) is 0 Å². The molecule has 0 amide bonds. The fourth-order valence-electron chi connectivity index (χ4n) is 1.19. The van der Waals surface area contributed by atoms with E-state index < -0.39 is 0 Å². The lowest BCUT2D eigenvalue weighted by Crippen LogP contribution is -2.04. The number of carbonyl (C=O) groups excluding carboxylic acids is 2. The second kappa shape index (κ2) is 7.12. The van der Waals surface area contributed by atoms with Gasteiger partial charge < -0.3 is 4.74 Å². The van der Waals surface area contributed by atoms with Gasteiger partial charge in [-0.2, -0.15) is 0 Å². The van der Waals surface area contributed by atoms with Crippen LogP contribution in [0.15, 0.2) is 29.2 Å². The molecule has 0 bridgehead atoms. The maximum Gasteiger partial charge on any atom is 0.338 e. The van der Waals surface area contributed by atoms with Gasteiger partial charge in [0.1, 0.15) is 5.78 Å². The highest BCUT2D eigenvalue weighted by Gasteiger charge is 2.07. The van der Waals surface area contributed by atoms with Crippen molar-refractivity contribution in [3.05, 3.63) is 29.8 Å². The molecule has 0 unspecified atom stereocenters. The zero-order valence-corrected chi connectivity index (χ0v) is 10.9. The summed E-state index contributed by atoms with van der Waals surface area (Å²) >= 11 is 1.45. The first-order valence-corrected chi connectivity index (χ1v) is 6.57. The number of hydrogen-bond donors (Lipinski definition) is 0. The highest BCUT2D eigenvalue weighted by molar-refractivity contribution is 8.00. The number of thioether (sulfide) groups is 1. The number of Topliss-reactive ketones (excluding diaryl/α,β-unsaturated/α-hetero) is 1. The molecule has 0 aliphatic carbocycles. The van der Waals surface area contributed by atoms with Crippen LogP contribution in [0, 0.1) is 0 Å². The maximum atomic E-state index is 11.5. The lowest BCUT2D eigenvalue weighted by molar-refractivity contribution is -0.116. The highest BCUT2D eigenvalue weighted by Crippen LogP contribution is 2.20. The molecule has 0 heterocycles. The molecule has 0 spiro atoms. The van der Waals surface area contributed by atoms with E-state index in [0.29, 0.717) is 24.3 Å². The van der Waals surface area contributed by atoms with Gasteiger partial charge in [0, 0.05) is 11.3 Å². The van der Waals surface area contributed by atoms with Crippen LogP contribution in [0.5, 0.6) is 0 Å². The Labute approximate surface area is 106 Å². The summed E-state index contributed by atoms with van der Waals surface area (Å²) in [6.07, 6.45) is 0.546. The van der Waals surface area contributed by atoms with Crippen LogP contribution in [0.4, 0.5) is 0 Å². The second-order valence-electron chi connectivity index (χ2n) is 3.43. The summed E-state index contributed by atoms with van der Waals surface area (Å²) in [5, 5.41) is 0. The first kappa shape index (κ1) is 13.8. The molecule has 17 heavy (non-hydrogen) atoms. The largest absolute Gasteiger partial charge is 0.462 e. The molecular weight excluding hydrogens is 236 g/mol. The third kappa shape index (κ3) is 4.61. The van der Waals surface area contributed by atoms with Gasteiger partial charge in [0.05, 0.1) is 17.9 Å². The Morgan fingerprint density at radius 1 is 1.29 bits per heavy atom. The first-order valence-electron chi connectivity index (χ1n) is 5.59. The van der Waals surface area contributed by atoms with Crippen molar-refractivity contribution in [3.63, 3.8) is 0 Å². The van der Waals surface area contributed by atoms with Crippen molar-refractivity contribution < 1.29 is 14.3 Å². The van der Waals surface area contributed by atoms with Crippen molar-refractivity contribution in [2.24, 2.45) is 0 Å². The Balaban J connectivity index is 2.65. The van der Waals surface area contributed by atoms with E-state index in [1.165, 1.54) is 11.8 Å². The third-order valence-corrected chi connectivity index (χ3v) is 3.19. The Morgan fingerprint density at radius 2 is 2.06 bits per heavy atom. The molecule has 0 saturated carbocycles. The number of carbonyl (C=O) groups is 2. The van der Waals surface area contributed by atoms with Crippen LogP contribution < -0.4 is 0 Å². The number of benzene rings is 1. The molecule has 0 aliphatic rings. The van der Waals surface area contributed by atoms with E-state index in [1.54, 1.807) is 25.1 Å². The van der Waals surface area contributed by atoms with Crippen LogP contribution in [0.2, 0.25) is 0 Å². The predicted octanol–water partition coefficient (Wildman–Crippen LogP) is 2.93. The molecule has 4 heteroatoms.